The quantitative estimate of drug-likeness (QED) is 0.840. The van der Waals surface area contributed by atoms with Crippen LogP contribution in [-0.4, -0.2) is 32.8 Å². The number of carboxylic acids is 1. The summed E-state index contributed by atoms with van der Waals surface area (Å²) < 4.78 is 1.48. The number of nitrogens with one attached hydrogen (secondary N) is 1. The number of carbonyl (C=O) groups excluding carboxylic acids is 1. The van der Waals surface area contributed by atoms with Gasteiger partial charge in [-0.3, -0.25) is 9.48 Å². The van der Waals surface area contributed by atoms with Gasteiger partial charge in [0, 0.05) is 12.4 Å². The van der Waals surface area contributed by atoms with Gasteiger partial charge in [-0.15, -0.1) is 0 Å². The third-order valence-corrected chi connectivity index (χ3v) is 2.70. The molecule has 0 saturated heterocycles. The third-order valence-electron chi connectivity index (χ3n) is 2.70. The van der Waals surface area contributed by atoms with Gasteiger partial charge in [-0.1, -0.05) is 20.8 Å². The molecule has 100 valence electrons. The Bertz CT molecular complexity index is 420. The monoisotopic (exact) mass is 253 g/mol. The number of carbonyl (C=O) groups is 2. The van der Waals surface area contributed by atoms with Crippen LogP contribution in [0.5, 0.6) is 0 Å². The van der Waals surface area contributed by atoms with Crippen molar-refractivity contribution in [3.8, 4) is 0 Å². The van der Waals surface area contributed by atoms with Gasteiger partial charge in [0.15, 0.2) is 0 Å². The average Bonchev–Trinajstić information content (AvgIpc) is 2.75. The van der Waals surface area contributed by atoms with Crippen molar-refractivity contribution in [1.29, 1.82) is 0 Å². The van der Waals surface area contributed by atoms with E-state index in [9.17, 15) is 9.59 Å². The zero-order valence-corrected chi connectivity index (χ0v) is 11.0. The Labute approximate surface area is 106 Å². The summed E-state index contributed by atoms with van der Waals surface area (Å²) in [6.07, 6.45) is 3.24. The lowest BCUT2D eigenvalue weighted by Gasteiger charge is -2.28. The Kier molecular flexibility index (Phi) is 4.11. The molecule has 1 aromatic heterocycles. The largest absolute Gasteiger partial charge is 0.480 e. The van der Waals surface area contributed by atoms with Crippen molar-refractivity contribution in [3.63, 3.8) is 0 Å². The minimum Gasteiger partial charge on any atom is -0.480 e. The summed E-state index contributed by atoms with van der Waals surface area (Å²) in [7, 11) is 0. The second-order valence-corrected chi connectivity index (χ2v) is 5.31. The molecule has 0 saturated carbocycles. The lowest BCUT2D eigenvalue weighted by Crippen LogP contribution is -2.50. The molecule has 0 bridgehead atoms. The molecule has 0 aliphatic heterocycles. The predicted molar refractivity (Wildman–Crippen MR) is 66.0 cm³/mol. The number of amides is 1. The van der Waals surface area contributed by atoms with Gasteiger partial charge in [0.2, 0.25) is 5.91 Å². The van der Waals surface area contributed by atoms with Crippen LogP contribution >= 0.6 is 0 Å². The fraction of sp³-hybridized carbons (Fsp3) is 0.583. The highest BCUT2D eigenvalue weighted by atomic mass is 16.4. The number of carboxylic acid groups (broad SMARTS) is 1. The molecule has 2 N–H and O–H groups in total. The van der Waals surface area contributed by atoms with Gasteiger partial charge in [0.1, 0.15) is 12.1 Å². The highest BCUT2D eigenvalue weighted by Gasteiger charge is 2.33. The molecule has 0 fully saturated rings. The maximum atomic E-state index is 12.0. The van der Waals surface area contributed by atoms with E-state index in [1.165, 1.54) is 4.68 Å². The predicted octanol–water partition coefficient (Wildman–Crippen LogP) is 1.06. The summed E-state index contributed by atoms with van der Waals surface area (Å²) in [5, 5.41) is 15.6. The molecule has 18 heavy (non-hydrogen) atoms. The van der Waals surface area contributed by atoms with Gasteiger partial charge in [0.05, 0.1) is 0 Å². The van der Waals surface area contributed by atoms with Crippen LogP contribution in [0.25, 0.3) is 0 Å². The first-order valence-electron chi connectivity index (χ1n) is 5.76. The second kappa shape index (κ2) is 5.20. The molecule has 1 aromatic rings. The van der Waals surface area contributed by atoms with Crippen LogP contribution in [0.4, 0.5) is 0 Å². The van der Waals surface area contributed by atoms with E-state index in [0.717, 1.165) is 0 Å². The second-order valence-electron chi connectivity index (χ2n) is 5.31. The molecule has 0 aliphatic carbocycles. The zero-order valence-electron chi connectivity index (χ0n) is 11.0. The van der Waals surface area contributed by atoms with Gasteiger partial charge in [-0.2, -0.15) is 5.10 Å². The van der Waals surface area contributed by atoms with Crippen molar-refractivity contribution in [3.05, 3.63) is 18.5 Å². The van der Waals surface area contributed by atoms with Crippen molar-refractivity contribution in [2.75, 3.05) is 0 Å². The lowest BCUT2D eigenvalue weighted by molar-refractivity contribution is -0.145. The van der Waals surface area contributed by atoms with Crippen LogP contribution in [0.15, 0.2) is 18.5 Å². The summed E-state index contributed by atoms with van der Waals surface area (Å²) >= 11 is 0. The smallest absolute Gasteiger partial charge is 0.326 e. The zero-order chi connectivity index (χ0) is 13.9. The minimum absolute atomic E-state index is 0.360. The molecule has 0 aliphatic rings. The normalized spacial score (nSPS) is 14.9. The van der Waals surface area contributed by atoms with E-state index in [-0.39, 0.29) is 5.91 Å². The standard InChI is InChI=1S/C12H19N3O3/c1-8(15-7-5-6-13-15)10(16)14-9(11(17)18)12(2,3)4/h5-9H,1-4H3,(H,14,16)(H,17,18). The highest BCUT2D eigenvalue weighted by molar-refractivity contribution is 5.86. The molecule has 1 rings (SSSR count). The average molecular weight is 253 g/mol. The Balaban J connectivity index is 2.77. The SMILES string of the molecule is CC(C(=O)NC(C(=O)O)C(C)(C)C)n1cccn1. The van der Waals surface area contributed by atoms with Gasteiger partial charge in [-0.05, 0) is 18.4 Å². The van der Waals surface area contributed by atoms with E-state index < -0.39 is 23.5 Å². The molecule has 0 radical (unpaired) electrons. The molecular formula is C12H19N3O3. The van der Waals surface area contributed by atoms with Crippen LogP contribution in [0, 0.1) is 5.41 Å². The van der Waals surface area contributed by atoms with Gasteiger partial charge < -0.3 is 10.4 Å². The molecule has 0 aromatic carbocycles. The number of nitrogens with zero attached hydrogens (tertiary/aromatic N) is 2. The first-order chi connectivity index (χ1) is 8.23. The van der Waals surface area contributed by atoms with Crippen LogP contribution in [0.2, 0.25) is 0 Å². The highest BCUT2D eigenvalue weighted by Crippen LogP contribution is 2.20. The Morgan fingerprint density at radius 1 is 1.39 bits per heavy atom. The van der Waals surface area contributed by atoms with E-state index in [2.05, 4.69) is 10.4 Å². The molecular weight excluding hydrogens is 234 g/mol. The molecule has 2 unspecified atom stereocenters. The number of hydrogen-bond donors (Lipinski definition) is 2. The van der Waals surface area contributed by atoms with Crippen molar-refractivity contribution in [2.24, 2.45) is 5.41 Å². The number of aliphatic carboxylic acids is 1. The Hall–Kier alpha value is -1.85. The van der Waals surface area contributed by atoms with Crippen LogP contribution in [0.3, 0.4) is 0 Å². The van der Waals surface area contributed by atoms with Crippen molar-refractivity contribution >= 4 is 11.9 Å². The van der Waals surface area contributed by atoms with Gasteiger partial charge in [0.25, 0.3) is 0 Å². The Morgan fingerprint density at radius 2 is 2.00 bits per heavy atom. The van der Waals surface area contributed by atoms with E-state index >= 15 is 0 Å². The summed E-state index contributed by atoms with van der Waals surface area (Å²) in [6.45, 7) is 6.98. The molecule has 1 heterocycles. The van der Waals surface area contributed by atoms with E-state index in [0.29, 0.717) is 0 Å². The van der Waals surface area contributed by atoms with Crippen LogP contribution in [-0.2, 0) is 9.59 Å². The minimum atomic E-state index is -1.04. The van der Waals surface area contributed by atoms with Crippen molar-refractivity contribution in [1.82, 2.24) is 15.1 Å². The first kappa shape index (κ1) is 14.2. The molecule has 1 amide bonds. The van der Waals surface area contributed by atoms with Gasteiger partial charge in [-0.25, -0.2) is 4.79 Å². The van der Waals surface area contributed by atoms with Crippen LogP contribution < -0.4 is 5.32 Å². The lowest BCUT2D eigenvalue weighted by atomic mass is 9.86. The maximum Gasteiger partial charge on any atom is 0.326 e. The summed E-state index contributed by atoms with van der Waals surface area (Å²) in [6, 6.07) is 0.245. The van der Waals surface area contributed by atoms with Crippen LogP contribution in [0.1, 0.15) is 33.7 Å². The first-order valence-corrected chi connectivity index (χ1v) is 5.76. The van der Waals surface area contributed by atoms with E-state index in [1.807, 2.05) is 0 Å². The van der Waals surface area contributed by atoms with Gasteiger partial charge >= 0.3 is 5.97 Å². The van der Waals surface area contributed by atoms with Crippen molar-refractivity contribution in [2.45, 2.75) is 39.8 Å². The van der Waals surface area contributed by atoms with E-state index in [1.54, 1.807) is 46.2 Å². The molecule has 6 nitrogen and oxygen atoms in total. The fourth-order valence-corrected chi connectivity index (χ4v) is 1.54. The molecule has 6 heteroatoms. The number of hydrogen-bond acceptors (Lipinski definition) is 3. The summed E-state index contributed by atoms with van der Waals surface area (Å²) in [4.78, 5) is 23.1. The number of aromatic nitrogens is 2. The number of rotatable bonds is 4. The fourth-order valence-electron chi connectivity index (χ4n) is 1.54. The topological polar surface area (TPSA) is 84.2 Å². The molecule has 2 atom stereocenters. The van der Waals surface area contributed by atoms with Crippen molar-refractivity contribution < 1.29 is 14.7 Å². The molecule has 0 spiro atoms. The summed E-state index contributed by atoms with van der Waals surface area (Å²) in [5.41, 5.74) is -0.550. The maximum absolute atomic E-state index is 12.0. The summed E-state index contributed by atoms with van der Waals surface area (Å²) in [5.74, 6) is -1.40. The third kappa shape index (κ3) is 3.32. The Morgan fingerprint density at radius 3 is 2.39 bits per heavy atom. The van der Waals surface area contributed by atoms with E-state index in [4.69, 9.17) is 5.11 Å².